The van der Waals surface area contributed by atoms with Crippen LogP contribution in [0.1, 0.15) is 30.1 Å². The molecule has 2 aliphatic rings. The Kier molecular flexibility index (Phi) is 4.86. The highest BCUT2D eigenvalue weighted by atomic mass is 19.1. The first-order chi connectivity index (χ1) is 13.1. The third-order valence-electron chi connectivity index (χ3n) is 5.55. The molecule has 0 bridgehead atoms. The molecule has 0 amide bonds. The summed E-state index contributed by atoms with van der Waals surface area (Å²) in [6.45, 7) is 2.94. The van der Waals surface area contributed by atoms with E-state index in [0.29, 0.717) is 6.61 Å². The number of nitrogens with one attached hydrogen (secondary N) is 1. The van der Waals surface area contributed by atoms with Gasteiger partial charge in [0.1, 0.15) is 11.9 Å². The Morgan fingerprint density at radius 1 is 1.44 bits per heavy atom. The molecule has 144 valence electrons. The van der Waals surface area contributed by atoms with Crippen LogP contribution in [0, 0.1) is 5.82 Å². The summed E-state index contributed by atoms with van der Waals surface area (Å²) < 4.78 is 21.3. The minimum Gasteiger partial charge on any atom is -0.370 e. The summed E-state index contributed by atoms with van der Waals surface area (Å²) in [5, 5.41) is 7.76. The Balaban J connectivity index is 1.40. The number of guanidine groups is 1. The van der Waals surface area contributed by atoms with Gasteiger partial charge in [0.2, 0.25) is 0 Å². The fourth-order valence-electron chi connectivity index (χ4n) is 3.77. The van der Waals surface area contributed by atoms with Crippen molar-refractivity contribution in [2.75, 3.05) is 33.3 Å². The molecule has 6 nitrogen and oxygen atoms in total. The SMILES string of the molecule is CN=C(NCC1(c2cccc(F)c2)CC1)N1CCOC(c2cnn(C)c2)C1. The molecule has 1 aliphatic heterocycles. The molecule has 1 aliphatic carbocycles. The predicted octanol–water partition coefficient (Wildman–Crippen LogP) is 2.24. The maximum Gasteiger partial charge on any atom is 0.193 e. The van der Waals surface area contributed by atoms with Crippen molar-refractivity contribution in [1.82, 2.24) is 20.0 Å². The topological polar surface area (TPSA) is 54.7 Å². The van der Waals surface area contributed by atoms with E-state index in [0.717, 1.165) is 49.6 Å². The van der Waals surface area contributed by atoms with Crippen LogP contribution in [0.15, 0.2) is 41.7 Å². The van der Waals surface area contributed by atoms with E-state index >= 15 is 0 Å². The Labute approximate surface area is 159 Å². The van der Waals surface area contributed by atoms with E-state index in [1.165, 1.54) is 6.07 Å². The molecule has 0 spiro atoms. The number of rotatable bonds is 4. The Hall–Kier alpha value is -2.41. The Bertz CT molecular complexity index is 829. The van der Waals surface area contributed by atoms with Crippen molar-refractivity contribution in [3.05, 3.63) is 53.6 Å². The highest BCUT2D eigenvalue weighted by Gasteiger charge is 2.44. The lowest BCUT2D eigenvalue weighted by Gasteiger charge is -2.35. The van der Waals surface area contributed by atoms with Gasteiger partial charge in [0.15, 0.2) is 5.96 Å². The van der Waals surface area contributed by atoms with Gasteiger partial charge in [-0.3, -0.25) is 9.67 Å². The summed E-state index contributed by atoms with van der Waals surface area (Å²) in [6, 6.07) is 6.97. The molecule has 4 rings (SSSR count). The number of halogens is 1. The number of aryl methyl sites for hydroxylation is 1. The minimum absolute atomic E-state index is 0.0101. The van der Waals surface area contributed by atoms with Crippen LogP contribution >= 0.6 is 0 Å². The second-order valence-electron chi connectivity index (χ2n) is 7.44. The molecule has 1 N–H and O–H groups in total. The standard InChI is InChI=1S/C20H26FN5O/c1-22-19(23-14-20(6-7-20)16-4-3-5-17(21)10-16)26-8-9-27-18(13-26)15-11-24-25(2)12-15/h3-5,10-12,18H,6-9,13-14H2,1-2H3,(H,22,23). The summed E-state index contributed by atoms with van der Waals surface area (Å²) in [5.74, 6) is 0.700. The average molecular weight is 371 g/mol. The Morgan fingerprint density at radius 2 is 2.30 bits per heavy atom. The number of hydrogen-bond donors (Lipinski definition) is 1. The first-order valence-electron chi connectivity index (χ1n) is 9.41. The lowest BCUT2D eigenvalue weighted by molar-refractivity contribution is -0.00805. The molecular weight excluding hydrogens is 345 g/mol. The number of ether oxygens (including phenoxy) is 1. The van der Waals surface area contributed by atoms with Crippen molar-refractivity contribution >= 4 is 5.96 Å². The molecule has 27 heavy (non-hydrogen) atoms. The van der Waals surface area contributed by atoms with Crippen LogP contribution in [0.3, 0.4) is 0 Å². The van der Waals surface area contributed by atoms with E-state index in [4.69, 9.17) is 4.74 Å². The highest BCUT2D eigenvalue weighted by Crippen LogP contribution is 2.47. The number of aromatic nitrogens is 2. The van der Waals surface area contributed by atoms with Gasteiger partial charge in [0.25, 0.3) is 0 Å². The maximum absolute atomic E-state index is 13.6. The molecule has 1 atom stereocenters. The molecule has 2 aromatic rings. The fraction of sp³-hybridized carbons (Fsp3) is 0.500. The number of nitrogens with zero attached hydrogens (tertiary/aromatic N) is 4. The molecule has 2 fully saturated rings. The largest absolute Gasteiger partial charge is 0.370 e. The fourth-order valence-corrected chi connectivity index (χ4v) is 3.77. The molecule has 7 heteroatoms. The molecule has 1 saturated carbocycles. The molecule has 0 radical (unpaired) electrons. The van der Waals surface area contributed by atoms with Gasteiger partial charge >= 0.3 is 0 Å². The second kappa shape index (κ2) is 7.31. The summed E-state index contributed by atoms with van der Waals surface area (Å²) in [7, 11) is 3.71. The summed E-state index contributed by atoms with van der Waals surface area (Å²) >= 11 is 0. The predicted molar refractivity (Wildman–Crippen MR) is 102 cm³/mol. The average Bonchev–Trinajstić information content (AvgIpc) is 3.35. The van der Waals surface area contributed by atoms with E-state index in [9.17, 15) is 4.39 Å². The minimum atomic E-state index is -0.171. The Morgan fingerprint density at radius 3 is 2.96 bits per heavy atom. The first-order valence-corrected chi connectivity index (χ1v) is 9.41. The third-order valence-corrected chi connectivity index (χ3v) is 5.55. The van der Waals surface area contributed by atoms with Gasteiger partial charge in [0.05, 0.1) is 19.3 Å². The maximum atomic E-state index is 13.6. The molecule has 1 unspecified atom stereocenters. The van der Waals surface area contributed by atoms with Gasteiger partial charge in [0, 0.05) is 44.4 Å². The van der Waals surface area contributed by atoms with E-state index in [2.05, 4.69) is 20.3 Å². The molecule has 1 aromatic heterocycles. The van der Waals surface area contributed by atoms with Crippen LogP contribution in [-0.4, -0.2) is 53.9 Å². The molecule has 2 heterocycles. The van der Waals surface area contributed by atoms with Crippen molar-refractivity contribution in [3.63, 3.8) is 0 Å². The van der Waals surface area contributed by atoms with Crippen molar-refractivity contribution < 1.29 is 9.13 Å². The molecule has 1 saturated heterocycles. The van der Waals surface area contributed by atoms with Crippen LogP contribution in [-0.2, 0) is 17.2 Å². The van der Waals surface area contributed by atoms with Crippen molar-refractivity contribution in [2.45, 2.75) is 24.4 Å². The van der Waals surface area contributed by atoms with Crippen LogP contribution in [0.4, 0.5) is 4.39 Å². The normalized spacial score (nSPS) is 22.0. The number of morpholine rings is 1. The lowest BCUT2D eigenvalue weighted by Crippen LogP contribution is -2.49. The van der Waals surface area contributed by atoms with Gasteiger partial charge in [-0.05, 0) is 30.5 Å². The van der Waals surface area contributed by atoms with E-state index in [1.54, 1.807) is 23.9 Å². The zero-order valence-corrected chi connectivity index (χ0v) is 15.9. The van der Waals surface area contributed by atoms with Gasteiger partial charge in [-0.1, -0.05) is 12.1 Å². The van der Waals surface area contributed by atoms with Gasteiger partial charge in [-0.15, -0.1) is 0 Å². The van der Waals surface area contributed by atoms with Gasteiger partial charge in [-0.2, -0.15) is 5.10 Å². The van der Waals surface area contributed by atoms with Gasteiger partial charge < -0.3 is 15.0 Å². The van der Waals surface area contributed by atoms with Crippen molar-refractivity contribution in [3.8, 4) is 0 Å². The van der Waals surface area contributed by atoms with Gasteiger partial charge in [-0.25, -0.2) is 4.39 Å². The van der Waals surface area contributed by atoms with E-state index in [-0.39, 0.29) is 17.3 Å². The van der Waals surface area contributed by atoms with Crippen LogP contribution in [0.5, 0.6) is 0 Å². The monoisotopic (exact) mass is 371 g/mol. The number of benzene rings is 1. The second-order valence-corrected chi connectivity index (χ2v) is 7.44. The van der Waals surface area contributed by atoms with Crippen molar-refractivity contribution in [1.29, 1.82) is 0 Å². The summed E-state index contributed by atoms with van der Waals surface area (Å²) in [6.07, 6.45) is 5.98. The number of aliphatic imine (C=N–C) groups is 1. The smallest absolute Gasteiger partial charge is 0.193 e. The first kappa shape index (κ1) is 18.0. The van der Waals surface area contributed by atoms with Crippen molar-refractivity contribution in [2.24, 2.45) is 12.0 Å². The van der Waals surface area contributed by atoms with Crippen LogP contribution < -0.4 is 5.32 Å². The summed E-state index contributed by atoms with van der Waals surface area (Å²) in [5.41, 5.74) is 2.17. The third kappa shape index (κ3) is 3.83. The number of hydrogen-bond acceptors (Lipinski definition) is 3. The van der Waals surface area contributed by atoms with E-state index < -0.39 is 0 Å². The van der Waals surface area contributed by atoms with Crippen LogP contribution in [0.25, 0.3) is 0 Å². The summed E-state index contributed by atoms with van der Waals surface area (Å²) in [4.78, 5) is 6.69. The molecule has 1 aromatic carbocycles. The quantitative estimate of drug-likeness (QED) is 0.662. The lowest BCUT2D eigenvalue weighted by atomic mass is 9.96. The zero-order chi connectivity index (χ0) is 18.9. The zero-order valence-electron chi connectivity index (χ0n) is 15.9. The molecular formula is C20H26FN5O. The highest BCUT2D eigenvalue weighted by molar-refractivity contribution is 5.80. The van der Waals surface area contributed by atoms with Crippen LogP contribution in [0.2, 0.25) is 0 Å². The van der Waals surface area contributed by atoms with E-state index in [1.807, 2.05) is 25.5 Å².